The van der Waals surface area contributed by atoms with Gasteiger partial charge in [-0.25, -0.2) is 0 Å². The summed E-state index contributed by atoms with van der Waals surface area (Å²) in [5.74, 6) is 0.602. The molecule has 0 bridgehead atoms. The first kappa shape index (κ1) is 13.6. The smallest absolute Gasteiger partial charge is 0.0708 e. The van der Waals surface area contributed by atoms with Crippen LogP contribution in [-0.2, 0) is 18.7 Å². The molecule has 1 aliphatic carbocycles. The summed E-state index contributed by atoms with van der Waals surface area (Å²) in [5.41, 5.74) is 6.40. The van der Waals surface area contributed by atoms with E-state index in [-0.39, 0.29) is 12.4 Å². The molecular formula is C15H17Cl2N. The highest BCUT2D eigenvalue weighted by Gasteiger charge is 2.17. The lowest BCUT2D eigenvalue weighted by molar-refractivity contribution is 0.667. The van der Waals surface area contributed by atoms with Crippen molar-refractivity contribution in [3.05, 3.63) is 40.6 Å². The molecule has 0 fully saturated rings. The monoisotopic (exact) mass is 281 g/mol. The molecule has 0 unspecified atom stereocenters. The van der Waals surface area contributed by atoms with E-state index < -0.39 is 0 Å². The average Bonchev–Trinajstić information content (AvgIpc) is 2.36. The largest absolute Gasteiger partial charge is 0.253 e. The second-order valence-electron chi connectivity index (χ2n) is 4.88. The van der Waals surface area contributed by atoms with Crippen LogP contribution in [0.5, 0.6) is 0 Å². The van der Waals surface area contributed by atoms with Crippen LogP contribution in [0.4, 0.5) is 0 Å². The van der Waals surface area contributed by atoms with Gasteiger partial charge in [0.1, 0.15) is 0 Å². The summed E-state index contributed by atoms with van der Waals surface area (Å²) < 4.78 is 0. The highest BCUT2D eigenvalue weighted by Crippen LogP contribution is 2.30. The summed E-state index contributed by atoms with van der Waals surface area (Å²) in [6.45, 7) is 2.12. The van der Waals surface area contributed by atoms with E-state index in [1.54, 1.807) is 0 Å². The SMILES string of the molecule is Cc1ccc2nc3c(c(CCl)c2c1)CCCC3.Cl. The summed E-state index contributed by atoms with van der Waals surface area (Å²) >= 11 is 6.17. The van der Waals surface area contributed by atoms with Crippen LogP contribution < -0.4 is 0 Å². The molecule has 1 heterocycles. The van der Waals surface area contributed by atoms with Crippen molar-refractivity contribution in [1.29, 1.82) is 0 Å². The zero-order valence-electron chi connectivity index (χ0n) is 10.5. The molecular weight excluding hydrogens is 265 g/mol. The number of fused-ring (bicyclic) bond motifs is 2. The fraction of sp³-hybridized carbons (Fsp3) is 0.400. The molecule has 0 N–H and O–H groups in total. The summed E-state index contributed by atoms with van der Waals surface area (Å²) in [7, 11) is 0. The van der Waals surface area contributed by atoms with Crippen molar-refractivity contribution in [2.75, 3.05) is 0 Å². The molecule has 18 heavy (non-hydrogen) atoms. The number of aryl methyl sites for hydroxylation is 2. The molecule has 1 aromatic carbocycles. The quantitative estimate of drug-likeness (QED) is 0.697. The zero-order valence-corrected chi connectivity index (χ0v) is 12.1. The lowest BCUT2D eigenvalue weighted by atomic mass is 9.90. The molecule has 3 heteroatoms. The number of alkyl halides is 1. The molecule has 0 radical (unpaired) electrons. The second kappa shape index (κ2) is 5.46. The third-order valence-electron chi connectivity index (χ3n) is 3.67. The van der Waals surface area contributed by atoms with Crippen molar-refractivity contribution < 1.29 is 0 Å². The fourth-order valence-electron chi connectivity index (χ4n) is 2.79. The lowest BCUT2D eigenvalue weighted by Crippen LogP contribution is -2.09. The molecule has 0 amide bonds. The van der Waals surface area contributed by atoms with Gasteiger partial charge in [0, 0.05) is 17.0 Å². The Bertz CT molecular complexity index is 578. The van der Waals surface area contributed by atoms with Crippen molar-refractivity contribution in [2.45, 2.75) is 38.5 Å². The van der Waals surface area contributed by atoms with Gasteiger partial charge < -0.3 is 0 Å². The number of rotatable bonds is 1. The van der Waals surface area contributed by atoms with E-state index in [0.717, 1.165) is 18.4 Å². The Morgan fingerprint density at radius 2 is 2.00 bits per heavy atom. The standard InChI is InChI=1S/C15H16ClN.ClH/c1-10-6-7-15-12(8-10)13(9-16)11-4-2-3-5-14(11)17-15;/h6-8H,2-5,9H2,1H3;1H. The summed E-state index contributed by atoms with van der Waals surface area (Å²) in [6, 6.07) is 6.47. The van der Waals surface area contributed by atoms with Crippen molar-refractivity contribution in [2.24, 2.45) is 0 Å². The Kier molecular flexibility index (Phi) is 4.14. The van der Waals surface area contributed by atoms with Gasteiger partial charge in [-0.2, -0.15) is 0 Å². The summed E-state index contributed by atoms with van der Waals surface area (Å²) in [4.78, 5) is 4.81. The Morgan fingerprint density at radius 3 is 2.78 bits per heavy atom. The molecule has 1 nitrogen and oxygen atoms in total. The van der Waals surface area contributed by atoms with Crippen LogP contribution in [0.15, 0.2) is 18.2 Å². The van der Waals surface area contributed by atoms with E-state index in [0.29, 0.717) is 5.88 Å². The van der Waals surface area contributed by atoms with Gasteiger partial charge >= 0.3 is 0 Å². The van der Waals surface area contributed by atoms with Gasteiger partial charge in [0.05, 0.1) is 5.52 Å². The number of halogens is 2. The van der Waals surface area contributed by atoms with Crippen LogP contribution in [0.3, 0.4) is 0 Å². The predicted octanol–water partition coefficient (Wildman–Crippen LogP) is 4.58. The predicted molar refractivity (Wildman–Crippen MR) is 79.9 cm³/mol. The topological polar surface area (TPSA) is 12.9 Å². The Balaban J connectivity index is 0.00000120. The number of benzene rings is 1. The van der Waals surface area contributed by atoms with Crippen LogP contribution in [0.1, 0.15) is 35.2 Å². The van der Waals surface area contributed by atoms with Crippen LogP contribution in [-0.4, -0.2) is 4.98 Å². The fourth-order valence-corrected chi connectivity index (χ4v) is 3.09. The lowest BCUT2D eigenvalue weighted by Gasteiger charge is -2.19. The molecule has 96 valence electrons. The minimum Gasteiger partial charge on any atom is -0.253 e. The van der Waals surface area contributed by atoms with Gasteiger partial charge in [-0.3, -0.25) is 4.98 Å². The average molecular weight is 282 g/mol. The number of hydrogen-bond donors (Lipinski definition) is 0. The number of pyridine rings is 1. The highest BCUT2D eigenvalue weighted by molar-refractivity contribution is 6.18. The molecule has 0 atom stereocenters. The first-order valence-electron chi connectivity index (χ1n) is 6.26. The van der Waals surface area contributed by atoms with Gasteiger partial charge in [-0.1, -0.05) is 11.6 Å². The maximum absolute atomic E-state index is 6.17. The normalized spacial score (nSPS) is 14.1. The number of aromatic nitrogens is 1. The van der Waals surface area contributed by atoms with Crippen LogP contribution in [0.2, 0.25) is 0 Å². The number of hydrogen-bond acceptors (Lipinski definition) is 1. The highest BCUT2D eigenvalue weighted by atomic mass is 35.5. The molecule has 1 aliphatic rings. The third-order valence-corrected chi connectivity index (χ3v) is 3.94. The van der Waals surface area contributed by atoms with E-state index >= 15 is 0 Å². The molecule has 0 aliphatic heterocycles. The van der Waals surface area contributed by atoms with E-state index in [9.17, 15) is 0 Å². The van der Waals surface area contributed by atoms with Crippen molar-refractivity contribution >= 4 is 34.9 Å². The van der Waals surface area contributed by atoms with E-state index in [1.165, 1.54) is 40.6 Å². The van der Waals surface area contributed by atoms with Crippen LogP contribution >= 0.6 is 24.0 Å². The first-order valence-corrected chi connectivity index (χ1v) is 6.80. The zero-order chi connectivity index (χ0) is 11.8. The minimum absolute atomic E-state index is 0. The summed E-state index contributed by atoms with van der Waals surface area (Å²) in [6.07, 6.45) is 4.80. The maximum Gasteiger partial charge on any atom is 0.0708 e. The second-order valence-corrected chi connectivity index (χ2v) is 5.14. The minimum atomic E-state index is 0. The maximum atomic E-state index is 6.17. The molecule has 1 aromatic heterocycles. The van der Waals surface area contributed by atoms with E-state index in [4.69, 9.17) is 16.6 Å². The summed E-state index contributed by atoms with van der Waals surface area (Å²) in [5, 5.41) is 1.25. The van der Waals surface area contributed by atoms with E-state index in [1.807, 2.05) is 0 Å². The van der Waals surface area contributed by atoms with Gasteiger partial charge in [-0.15, -0.1) is 24.0 Å². The number of nitrogens with zero attached hydrogens (tertiary/aromatic N) is 1. The van der Waals surface area contributed by atoms with Gasteiger partial charge in [0.15, 0.2) is 0 Å². The molecule has 0 saturated heterocycles. The Hall–Kier alpha value is -0.790. The van der Waals surface area contributed by atoms with Gasteiger partial charge in [0.25, 0.3) is 0 Å². The molecule has 3 rings (SSSR count). The Labute approximate surface area is 119 Å². The molecule has 0 spiro atoms. The Morgan fingerprint density at radius 1 is 1.22 bits per heavy atom. The molecule has 0 saturated carbocycles. The van der Waals surface area contributed by atoms with Crippen molar-refractivity contribution in [3.8, 4) is 0 Å². The van der Waals surface area contributed by atoms with Gasteiger partial charge in [-0.05, 0) is 55.9 Å². The van der Waals surface area contributed by atoms with E-state index in [2.05, 4.69) is 25.1 Å². The van der Waals surface area contributed by atoms with Gasteiger partial charge in [0.2, 0.25) is 0 Å². The van der Waals surface area contributed by atoms with Crippen molar-refractivity contribution in [3.63, 3.8) is 0 Å². The molecule has 2 aromatic rings. The van der Waals surface area contributed by atoms with Crippen molar-refractivity contribution in [1.82, 2.24) is 4.98 Å². The first-order chi connectivity index (χ1) is 8.29. The third kappa shape index (κ3) is 2.22. The van der Waals surface area contributed by atoms with Crippen LogP contribution in [0.25, 0.3) is 10.9 Å². The van der Waals surface area contributed by atoms with Crippen LogP contribution in [0, 0.1) is 6.92 Å².